The second-order valence-electron chi connectivity index (χ2n) is 6.49. The zero-order valence-electron chi connectivity index (χ0n) is 15.2. The first-order valence-electron chi connectivity index (χ1n) is 8.39. The van der Waals surface area contributed by atoms with Crippen LogP contribution in [0.15, 0.2) is 29.5 Å². The van der Waals surface area contributed by atoms with Crippen LogP contribution >= 0.6 is 0 Å². The Hall–Kier alpha value is -3.47. The van der Waals surface area contributed by atoms with Crippen molar-refractivity contribution in [3.05, 3.63) is 30.2 Å². The van der Waals surface area contributed by atoms with Gasteiger partial charge >= 0.3 is 0 Å². The summed E-state index contributed by atoms with van der Waals surface area (Å²) in [5.74, 6) is 0.437. The number of ether oxygens (including phenoxy) is 2. The van der Waals surface area contributed by atoms with Gasteiger partial charge in [0.25, 0.3) is 0 Å². The molecule has 28 heavy (non-hydrogen) atoms. The number of fused-ring (bicyclic) bond motifs is 1. The predicted octanol–water partition coefficient (Wildman–Crippen LogP) is 0.941. The van der Waals surface area contributed by atoms with Gasteiger partial charge in [-0.2, -0.15) is 10.1 Å². The number of nitrogens with one attached hydrogen (secondary N) is 1. The molecule has 2 aliphatic heterocycles. The molecular formula is C17H18FN7O3. The molecule has 1 saturated heterocycles. The van der Waals surface area contributed by atoms with Gasteiger partial charge in [0.1, 0.15) is 5.75 Å². The van der Waals surface area contributed by atoms with E-state index in [9.17, 15) is 9.18 Å². The lowest BCUT2D eigenvalue weighted by Gasteiger charge is -2.48. The van der Waals surface area contributed by atoms with E-state index in [0.717, 1.165) is 11.9 Å². The maximum absolute atomic E-state index is 13.2. The van der Waals surface area contributed by atoms with E-state index in [1.54, 1.807) is 25.2 Å². The van der Waals surface area contributed by atoms with E-state index in [1.165, 1.54) is 5.01 Å². The van der Waals surface area contributed by atoms with Crippen LogP contribution in [-0.2, 0) is 9.53 Å². The number of nitrogens with zero attached hydrogens (tertiary/aromatic N) is 5. The molecule has 0 unspecified atom stereocenters. The highest BCUT2D eigenvalue weighted by atomic mass is 19.1. The number of nitrogens with two attached hydrogens (primary N) is 1. The summed E-state index contributed by atoms with van der Waals surface area (Å²) in [6.07, 6.45) is 1.61. The van der Waals surface area contributed by atoms with E-state index < -0.39 is 11.4 Å². The number of likely N-dealkylation sites (N-methyl/N-ethyl adjacent to an activating group) is 1. The monoisotopic (exact) mass is 387 g/mol. The summed E-state index contributed by atoms with van der Waals surface area (Å²) in [6, 6.07) is 5.38. The number of carbonyl (C=O) groups excluding carboxylic acids is 1. The number of hydrazone groups is 1. The number of amides is 1. The second kappa shape index (κ2) is 6.60. The van der Waals surface area contributed by atoms with Gasteiger partial charge < -0.3 is 25.4 Å². The van der Waals surface area contributed by atoms with Crippen molar-refractivity contribution in [2.75, 3.05) is 43.3 Å². The Labute approximate surface area is 159 Å². The van der Waals surface area contributed by atoms with Crippen LogP contribution in [0, 0.1) is 5.82 Å². The van der Waals surface area contributed by atoms with Gasteiger partial charge in [-0.15, -0.1) is 0 Å². The van der Waals surface area contributed by atoms with Gasteiger partial charge in [-0.3, -0.25) is 4.79 Å². The van der Waals surface area contributed by atoms with E-state index in [1.807, 2.05) is 11.9 Å². The Bertz CT molecular complexity index is 964. The highest BCUT2D eigenvalue weighted by Crippen LogP contribution is 2.42. The Morgan fingerprint density at radius 1 is 1.46 bits per heavy atom. The third kappa shape index (κ3) is 2.95. The Morgan fingerprint density at radius 3 is 2.89 bits per heavy atom. The zero-order valence-corrected chi connectivity index (χ0v) is 15.2. The van der Waals surface area contributed by atoms with Gasteiger partial charge in [-0.05, 0) is 18.2 Å². The summed E-state index contributed by atoms with van der Waals surface area (Å²) in [6.45, 7) is 0.677. The summed E-state index contributed by atoms with van der Waals surface area (Å²) in [7, 11) is 3.37. The molecule has 1 fully saturated rings. The van der Waals surface area contributed by atoms with E-state index in [0.29, 0.717) is 36.9 Å². The van der Waals surface area contributed by atoms with Crippen LogP contribution in [0.2, 0.25) is 0 Å². The number of halogens is 1. The fourth-order valence-corrected chi connectivity index (χ4v) is 3.00. The number of hydrogen-bond donors (Lipinski definition) is 2. The molecular weight excluding hydrogens is 369 g/mol. The van der Waals surface area contributed by atoms with Gasteiger partial charge in [0.05, 0.1) is 25.1 Å². The summed E-state index contributed by atoms with van der Waals surface area (Å²) in [4.78, 5) is 20.6. The lowest BCUT2D eigenvalue weighted by atomic mass is 9.96. The second-order valence-corrected chi connectivity index (χ2v) is 6.49. The van der Waals surface area contributed by atoms with Crippen LogP contribution in [-0.4, -0.2) is 60.1 Å². The number of rotatable bonds is 4. The van der Waals surface area contributed by atoms with E-state index in [4.69, 9.17) is 15.2 Å². The minimum atomic E-state index is -0.734. The molecule has 0 radical (unpaired) electrons. The third-order valence-electron chi connectivity index (χ3n) is 4.45. The largest absolute Gasteiger partial charge is 0.472 e. The maximum atomic E-state index is 13.2. The first-order valence-corrected chi connectivity index (χ1v) is 8.39. The number of carbonyl (C=O) groups is 1. The number of nitrogen functional groups attached to an aromatic ring is 1. The predicted molar refractivity (Wildman–Crippen MR) is 100.0 cm³/mol. The molecule has 10 nitrogen and oxygen atoms in total. The topological polar surface area (TPSA) is 118 Å². The van der Waals surface area contributed by atoms with Gasteiger partial charge in [0.2, 0.25) is 18.0 Å². The molecule has 1 spiro atoms. The molecule has 0 bridgehead atoms. The molecule has 3 heterocycles. The average Bonchev–Trinajstić information content (AvgIpc) is 2.65. The molecule has 11 heteroatoms. The SMILES string of the molecule is CN(C=O)/N=C1\N(C)c2cc(Nc3ncc(F)c(N)n3)ccc2OC12COC2. The lowest BCUT2D eigenvalue weighted by molar-refractivity contribution is -0.123. The Morgan fingerprint density at radius 2 is 2.25 bits per heavy atom. The van der Waals surface area contributed by atoms with E-state index in [-0.39, 0.29) is 11.8 Å². The average molecular weight is 387 g/mol. The van der Waals surface area contributed by atoms with Crippen LogP contribution in [0.5, 0.6) is 5.75 Å². The Kier molecular flexibility index (Phi) is 4.23. The van der Waals surface area contributed by atoms with Crippen molar-refractivity contribution in [3.8, 4) is 5.75 Å². The molecule has 1 aromatic carbocycles. The summed E-state index contributed by atoms with van der Waals surface area (Å²) >= 11 is 0. The van der Waals surface area contributed by atoms with Gasteiger partial charge in [-0.1, -0.05) is 0 Å². The lowest BCUT2D eigenvalue weighted by Crippen LogP contribution is -2.66. The zero-order chi connectivity index (χ0) is 19.9. The Balaban J connectivity index is 1.68. The van der Waals surface area contributed by atoms with Crippen molar-refractivity contribution < 1.29 is 18.7 Å². The quantitative estimate of drug-likeness (QED) is 0.588. The fourth-order valence-electron chi connectivity index (χ4n) is 3.00. The molecule has 0 aliphatic carbocycles. The number of hydrogen-bond acceptors (Lipinski definition) is 8. The van der Waals surface area contributed by atoms with Crippen LogP contribution in [0.3, 0.4) is 0 Å². The van der Waals surface area contributed by atoms with Crippen molar-refractivity contribution >= 4 is 35.4 Å². The van der Waals surface area contributed by atoms with Gasteiger partial charge in [0, 0.05) is 19.8 Å². The van der Waals surface area contributed by atoms with Gasteiger partial charge in [0.15, 0.2) is 17.5 Å². The highest BCUT2D eigenvalue weighted by Gasteiger charge is 2.52. The van der Waals surface area contributed by atoms with Crippen LogP contribution in [0.4, 0.5) is 27.5 Å². The van der Waals surface area contributed by atoms with Crippen LogP contribution in [0.25, 0.3) is 0 Å². The number of amidine groups is 1. The van der Waals surface area contributed by atoms with Crippen molar-refractivity contribution in [3.63, 3.8) is 0 Å². The minimum absolute atomic E-state index is 0.164. The van der Waals surface area contributed by atoms with Crippen molar-refractivity contribution in [2.45, 2.75) is 5.60 Å². The highest BCUT2D eigenvalue weighted by molar-refractivity contribution is 6.07. The number of benzene rings is 1. The maximum Gasteiger partial charge on any atom is 0.229 e. The van der Waals surface area contributed by atoms with Crippen molar-refractivity contribution in [1.82, 2.24) is 15.0 Å². The summed E-state index contributed by atoms with van der Waals surface area (Å²) in [5, 5.41) is 8.50. The first kappa shape index (κ1) is 17.9. The molecule has 3 N–H and O–H groups in total. The normalized spacial score (nSPS) is 18.2. The van der Waals surface area contributed by atoms with Crippen LogP contribution in [0.1, 0.15) is 0 Å². The fraction of sp³-hybridized carbons (Fsp3) is 0.294. The molecule has 4 rings (SSSR count). The number of aromatic nitrogens is 2. The molecule has 1 aromatic heterocycles. The molecule has 0 saturated carbocycles. The van der Waals surface area contributed by atoms with Crippen LogP contribution < -0.4 is 20.7 Å². The molecule has 1 amide bonds. The smallest absolute Gasteiger partial charge is 0.229 e. The molecule has 2 aliphatic rings. The molecule has 146 valence electrons. The summed E-state index contributed by atoms with van der Waals surface area (Å²) in [5.41, 5.74) is 6.11. The van der Waals surface area contributed by atoms with E-state index in [2.05, 4.69) is 20.4 Å². The van der Waals surface area contributed by atoms with Gasteiger partial charge in [-0.25, -0.2) is 14.4 Å². The molecule has 0 atom stereocenters. The van der Waals surface area contributed by atoms with E-state index >= 15 is 0 Å². The van der Waals surface area contributed by atoms with Crippen molar-refractivity contribution in [2.24, 2.45) is 5.10 Å². The van der Waals surface area contributed by atoms with Crippen molar-refractivity contribution in [1.29, 1.82) is 0 Å². The summed E-state index contributed by atoms with van der Waals surface area (Å²) < 4.78 is 24.7. The third-order valence-corrected chi connectivity index (χ3v) is 4.45. The number of anilines is 4. The molecule has 2 aromatic rings. The standard InChI is InChI=1S/C17H18FN7O3/c1-24(9-26)23-15-17(7-27-8-17)28-13-4-3-10(5-12(13)25(15)2)21-16-20-6-11(18)14(19)22-16/h3-6,9H,7-8H2,1-2H3,(H3,19,20,21,22)/b23-15-. The minimum Gasteiger partial charge on any atom is -0.472 e. The first-order chi connectivity index (χ1) is 13.4.